The van der Waals surface area contributed by atoms with Gasteiger partial charge in [0, 0.05) is 50.9 Å². The summed E-state index contributed by atoms with van der Waals surface area (Å²) in [6.07, 6.45) is 5.99. The zero-order valence-electron chi connectivity index (χ0n) is 24.5. The Morgan fingerprint density at radius 1 is 0.953 bits per heavy atom. The van der Waals surface area contributed by atoms with E-state index in [2.05, 4.69) is 25.3 Å². The quantitative estimate of drug-likeness (QED) is 0.316. The van der Waals surface area contributed by atoms with E-state index < -0.39 is 11.6 Å². The summed E-state index contributed by atoms with van der Waals surface area (Å²) in [5, 5.41) is 9.96. The smallest absolute Gasteiger partial charge is 0.254 e. The van der Waals surface area contributed by atoms with E-state index in [1.807, 2.05) is 16.9 Å². The van der Waals surface area contributed by atoms with Gasteiger partial charge in [-0.1, -0.05) is 6.07 Å². The van der Waals surface area contributed by atoms with E-state index in [1.165, 1.54) is 18.5 Å². The number of piperazine rings is 1. The van der Waals surface area contributed by atoms with E-state index in [1.54, 1.807) is 26.4 Å². The standard InChI is InChI=1S/C32H36F2N6O3/c1-42-23-9-8-22(28(18-23)43-2)19-35-32(41)29-24-5-3-4-6-25(24)31-30(29)36-20-37-40(31)39-15-13-38(14-16-39)12-11-21-7-10-26(33)27(34)17-21/h7-10,17-18,20H,3-6,11-16,19H2,1-2H3,(H,35,41). The Kier molecular flexibility index (Phi) is 8.42. The third-order valence-electron chi connectivity index (χ3n) is 8.54. The van der Waals surface area contributed by atoms with Crippen LogP contribution in [0.2, 0.25) is 0 Å². The van der Waals surface area contributed by atoms with Gasteiger partial charge in [0.05, 0.1) is 19.8 Å². The van der Waals surface area contributed by atoms with Crippen LogP contribution < -0.4 is 19.8 Å². The molecule has 2 aliphatic carbocycles. The second-order valence-electron chi connectivity index (χ2n) is 11.0. The molecule has 9 nitrogen and oxygen atoms in total. The minimum Gasteiger partial charge on any atom is -0.497 e. The van der Waals surface area contributed by atoms with Crippen LogP contribution in [0, 0.1) is 11.6 Å². The highest BCUT2D eigenvalue weighted by molar-refractivity contribution is 6.04. The summed E-state index contributed by atoms with van der Waals surface area (Å²) >= 11 is 0. The number of nitrogens with zero attached hydrogens (tertiary/aromatic N) is 5. The Balaban J connectivity index is 1.18. The Labute approximate surface area is 249 Å². The summed E-state index contributed by atoms with van der Waals surface area (Å²) in [7, 11) is 3.21. The van der Waals surface area contributed by atoms with Gasteiger partial charge in [0.15, 0.2) is 11.6 Å². The van der Waals surface area contributed by atoms with E-state index in [4.69, 9.17) is 9.47 Å². The van der Waals surface area contributed by atoms with Gasteiger partial charge in [0.2, 0.25) is 0 Å². The molecule has 1 amide bonds. The van der Waals surface area contributed by atoms with E-state index in [0.717, 1.165) is 86.4 Å². The van der Waals surface area contributed by atoms with Crippen LogP contribution in [0.1, 0.15) is 45.5 Å². The van der Waals surface area contributed by atoms with Gasteiger partial charge in [-0.15, -0.1) is 5.10 Å². The molecular weight excluding hydrogens is 554 g/mol. The first kappa shape index (κ1) is 28.9. The number of aromatic nitrogens is 3. The van der Waals surface area contributed by atoms with Crippen LogP contribution in [0.3, 0.4) is 0 Å². The number of hydrogen-bond acceptors (Lipinski definition) is 7. The van der Waals surface area contributed by atoms with Crippen molar-refractivity contribution in [2.75, 3.05) is 52.0 Å². The normalized spacial score (nSPS) is 15.4. The van der Waals surface area contributed by atoms with Crippen LogP contribution in [-0.2, 0) is 25.8 Å². The van der Waals surface area contributed by atoms with E-state index in [9.17, 15) is 13.6 Å². The van der Waals surface area contributed by atoms with Crippen LogP contribution in [0.25, 0.3) is 11.4 Å². The van der Waals surface area contributed by atoms with Crippen molar-refractivity contribution in [2.24, 2.45) is 0 Å². The molecule has 1 N–H and O–H groups in total. The van der Waals surface area contributed by atoms with Gasteiger partial charge < -0.3 is 14.8 Å². The maximum absolute atomic E-state index is 13.7. The Morgan fingerprint density at radius 2 is 1.74 bits per heavy atom. The van der Waals surface area contributed by atoms with Crippen molar-refractivity contribution in [1.29, 1.82) is 0 Å². The summed E-state index contributed by atoms with van der Waals surface area (Å²) in [6.45, 7) is 4.17. The first-order chi connectivity index (χ1) is 21.0. The van der Waals surface area contributed by atoms with Gasteiger partial charge in [-0.3, -0.25) is 14.7 Å². The maximum Gasteiger partial charge on any atom is 0.254 e. The molecule has 4 aliphatic rings. The number of carbonyl (C=O) groups excluding carboxylic acids is 1. The van der Waals surface area contributed by atoms with Crippen molar-refractivity contribution in [3.8, 4) is 22.9 Å². The third kappa shape index (κ3) is 5.86. The van der Waals surface area contributed by atoms with E-state index >= 15 is 0 Å². The molecule has 0 radical (unpaired) electrons. The van der Waals surface area contributed by atoms with Crippen molar-refractivity contribution in [3.05, 3.63) is 82.2 Å². The van der Waals surface area contributed by atoms with Gasteiger partial charge in [-0.2, -0.15) is 4.79 Å². The fourth-order valence-corrected chi connectivity index (χ4v) is 6.23. The number of carbonyl (C=O) groups is 1. The number of methoxy groups -OCH3 is 2. The molecule has 2 aromatic carbocycles. The molecule has 226 valence electrons. The molecule has 0 unspecified atom stereocenters. The minimum atomic E-state index is -0.821. The van der Waals surface area contributed by atoms with Crippen LogP contribution >= 0.6 is 0 Å². The highest BCUT2D eigenvalue weighted by Crippen LogP contribution is 2.39. The zero-order chi connectivity index (χ0) is 29.9. The molecule has 0 saturated carbocycles. The maximum atomic E-state index is 13.7. The number of hydrogen-bond donors (Lipinski definition) is 1. The molecule has 11 heteroatoms. The number of amides is 1. The molecule has 2 aliphatic heterocycles. The van der Waals surface area contributed by atoms with Gasteiger partial charge in [-0.05, 0) is 73.1 Å². The molecule has 6 rings (SSSR count). The summed E-state index contributed by atoms with van der Waals surface area (Å²) in [6, 6.07) is 9.65. The van der Waals surface area contributed by atoms with E-state index in [0.29, 0.717) is 35.7 Å². The summed E-state index contributed by atoms with van der Waals surface area (Å²) in [5.41, 5.74) is 6.11. The largest absolute Gasteiger partial charge is 0.497 e. The highest BCUT2D eigenvalue weighted by Gasteiger charge is 2.34. The second kappa shape index (κ2) is 12.5. The number of nitrogens with one attached hydrogen (secondary N) is 1. The number of benzene rings is 2. The van der Waals surface area contributed by atoms with Crippen LogP contribution in [-0.4, -0.2) is 72.6 Å². The first-order valence-corrected chi connectivity index (χ1v) is 14.7. The number of rotatable bonds is 9. The summed E-state index contributed by atoms with van der Waals surface area (Å²) < 4.78 is 37.7. The SMILES string of the molecule is COc1ccc(CNC(=O)c2c3ncnn(N4CCN(CCc5ccc(F)c(F)c5)CC4)c-3c3c2CCCC3)c(OC)c1. The van der Waals surface area contributed by atoms with Crippen molar-refractivity contribution in [1.82, 2.24) is 25.1 Å². The van der Waals surface area contributed by atoms with Crippen LogP contribution in [0.5, 0.6) is 11.5 Å². The van der Waals surface area contributed by atoms with Crippen molar-refractivity contribution < 1.29 is 23.0 Å². The molecule has 0 atom stereocenters. The highest BCUT2D eigenvalue weighted by atomic mass is 19.2. The Bertz CT molecular complexity index is 1580. The lowest BCUT2D eigenvalue weighted by atomic mass is 9.93. The summed E-state index contributed by atoms with van der Waals surface area (Å²) in [4.78, 5) is 22.6. The minimum absolute atomic E-state index is 0.154. The van der Waals surface area contributed by atoms with Crippen molar-refractivity contribution in [3.63, 3.8) is 0 Å². The lowest BCUT2D eigenvalue weighted by molar-refractivity contribution is 0.0950. The Hall–Kier alpha value is -4.25. The lowest BCUT2D eigenvalue weighted by Crippen LogP contribution is -2.52. The zero-order valence-corrected chi connectivity index (χ0v) is 24.5. The number of halogens is 2. The van der Waals surface area contributed by atoms with E-state index in [-0.39, 0.29) is 5.91 Å². The van der Waals surface area contributed by atoms with Gasteiger partial charge in [0.1, 0.15) is 29.2 Å². The van der Waals surface area contributed by atoms with Gasteiger partial charge in [0.25, 0.3) is 5.91 Å². The third-order valence-corrected chi connectivity index (χ3v) is 8.54. The average molecular weight is 591 g/mol. The predicted octanol–water partition coefficient (Wildman–Crippen LogP) is 3.98. The topological polar surface area (TPSA) is 84.7 Å². The predicted molar refractivity (Wildman–Crippen MR) is 158 cm³/mol. The molecule has 43 heavy (non-hydrogen) atoms. The van der Waals surface area contributed by atoms with Crippen LogP contribution in [0.4, 0.5) is 8.78 Å². The number of ether oxygens (including phenoxy) is 2. The monoisotopic (exact) mass is 590 g/mol. The Morgan fingerprint density at radius 3 is 2.49 bits per heavy atom. The molecule has 0 bridgehead atoms. The molecule has 0 spiro atoms. The lowest BCUT2D eigenvalue weighted by Gasteiger charge is -2.37. The van der Waals surface area contributed by atoms with Crippen molar-refractivity contribution in [2.45, 2.75) is 38.6 Å². The molecule has 2 heterocycles. The van der Waals surface area contributed by atoms with Gasteiger partial charge >= 0.3 is 0 Å². The molecule has 0 aromatic heterocycles. The fourth-order valence-electron chi connectivity index (χ4n) is 6.23. The second-order valence-corrected chi connectivity index (χ2v) is 11.0. The molecule has 1 fully saturated rings. The molecular formula is C32H36F2N6O3. The molecule has 2 aromatic rings. The average Bonchev–Trinajstić information content (AvgIpc) is 3.39. The number of fused-ring (bicyclic) bond motifs is 3. The summed E-state index contributed by atoms with van der Waals surface area (Å²) in [5.74, 6) is -0.443. The van der Waals surface area contributed by atoms with Crippen LogP contribution in [0.15, 0.2) is 42.7 Å². The van der Waals surface area contributed by atoms with Gasteiger partial charge in [-0.25, -0.2) is 13.8 Å². The fraction of sp³-hybridized carbons (Fsp3) is 0.406. The molecule has 1 saturated heterocycles. The first-order valence-electron chi connectivity index (χ1n) is 14.7. The van der Waals surface area contributed by atoms with Crippen molar-refractivity contribution >= 4 is 5.91 Å².